The number of piperidine rings is 1. The van der Waals surface area contributed by atoms with Gasteiger partial charge in [0.1, 0.15) is 16.0 Å². The van der Waals surface area contributed by atoms with Gasteiger partial charge in [0.25, 0.3) is 0 Å². The molecule has 2 atom stereocenters. The van der Waals surface area contributed by atoms with Gasteiger partial charge in [-0.05, 0) is 57.9 Å². The summed E-state index contributed by atoms with van der Waals surface area (Å²) in [6.45, 7) is 2.08. The summed E-state index contributed by atoms with van der Waals surface area (Å²) in [5, 5.41) is 19.8. The van der Waals surface area contributed by atoms with Crippen LogP contribution in [0.4, 0.5) is 0 Å². The molecule has 1 aliphatic heterocycles. The van der Waals surface area contributed by atoms with E-state index >= 15 is 0 Å². The number of nitrogens with one attached hydrogen (secondary N) is 1. The van der Waals surface area contributed by atoms with E-state index in [9.17, 15) is 4.79 Å². The number of hydrogen-bond donors (Lipinski definition) is 1. The Bertz CT molecular complexity index is 1310. The molecule has 8 heteroatoms. The number of likely N-dealkylation sites (tertiary alicyclic amines) is 1. The summed E-state index contributed by atoms with van der Waals surface area (Å²) in [5.74, 6) is -0.153. The van der Waals surface area contributed by atoms with Gasteiger partial charge in [-0.15, -0.1) is 21.5 Å². The second kappa shape index (κ2) is 7.39. The lowest BCUT2D eigenvalue weighted by atomic mass is 9.67. The average molecular weight is 495 g/mol. The zero-order valence-electron chi connectivity index (χ0n) is 16.9. The van der Waals surface area contributed by atoms with Crippen molar-refractivity contribution in [2.45, 2.75) is 24.7 Å². The maximum absolute atomic E-state index is 13.5. The standard InChI is InChI=1S/C23H19BrN4O2S/c1-23(18-10-15(12-31-18)16-4-6-19(24)27-26-16)11-20(25)28(2)22(29)21(23)14-3-5-17-13(9-14)7-8-30-17/h3-10,12,21,25H,11H2,1-2H3/t21?,23-/m1/s1. The number of carbonyl (C=O) groups is 1. The average Bonchev–Trinajstić information content (AvgIpc) is 3.42. The normalized spacial score (nSPS) is 21.8. The van der Waals surface area contributed by atoms with Crippen LogP contribution in [0, 0.1) is 5.41 Å². The molecule has 1 N–H and O–H groups in total. The SMILES string of the molecule is CN1C(=N)C[C@](C)(c2cc(-c3ccc(Br)nn3)cs2)C(c2ccc3occc3c2)C1=O. The fraction of sp³-hybridized carbons (Fsp3) is 0.217. The van der Waals surface area contributed by atoms with E-state index in [0.717, 1.165) is 32.7 Å². The first-order chi connectivity index (χ1) is 14.9. The smallest absolute Gasteiger partial charge is 0.236 e. The Labute approximate surface area is 191 Å². The third-order valence-corrected chi connectivity index (χ3v) is 7.69. The molecule has 1 unspecified atom stereocenters. The van der Waals surface area contributed by atoms with E-state index in [2.05, 4.69) is 39.1 Å². The number of amides is 1. The van der Waals surface area contributed by atoms with Crippen LogP contribution < -0.4 is 0 Å². The second-order valence-electron chi connectivity index (χ2n) is 8.03. The summed E-state index contributed by atoms with van der Waals surface area (Å²) >= 11 is 4.92. The first-order valence-electron chi connectivity index (χ1n) is 9.77. The summed E-state index contributed by atoms with van der Waals surface area (Å²) in [6, 6.07) is 13.7. The molecule has 6 nitrogen and oxygen atoms in total. The number of aromatic nitrogens is 2. The van der Waals surface area contributed by atoms with Crippen molar-refractivity contribution in [3.63, 3.8) is 0 Å². The second-order valence-corrected chi connectivity index (χ2v) is 9.75. The van der Waals surface area contributed by atoms with Crippen molar-refractivity contribution in [2.24, 2.45) is 0 Å². The van der Waals surface area contributed by atoms with Gasteiger partial charge in [0.2, 0.25) is 5.91 Å². The first kappa shape index (κ1) is 20.1. The number of amidine groups is 1. The molecule has 0 saturated carbocycles. The maximum Gasteiger partial charge on any atom is 0.236 e. The molecule has 156 valence electrons. The van der Waals surface area contributed by atoms with Gasteiger partial charge in [0.05, 0.1) is 17.9 Å². The van der Waals surface area contributed by atoms with Crippen molar-refractivity contribution >= 4 is 50.0 Å². The molecule has 1 fully saturated rings. The van der Waals surface area contributed by atoms with Gasteiger partial charge in [-0.1, -0.05) is 13.0 Å². The van der Waals surface area contributed by atoms with Crippen molar-refractivity contribution in [1.29, 1.82) is 5.41 Å². The molecular weight excluding hydrogens is 476 g/mol. The van der Waals surface area contributed by atoms with Crippen LogP contribution in [0.2, 0.25) is 0 Å². The number of furan rings is 1. The summed E-state index contributed by atoms with van der Waals surface area (Å²) in [6.07, 6.45) is 2.12. The molecule has 5 rings (SSSR count). The predicted molar refractivity (Wildman–Crippen MR) is 124 cm³/mol. The highest BCUT2D eigenvalue weighted by Gasteiger charge is 2.49. The number of benzene rings is 1. The highest BCUT2D eigenvalue weighted by molar-refractivity contribution is 9.10. The van der Waals surface area contributed by atoms with Gasteiger partial charge in [-0.25, -0.2) is 0 Å². The molecular formula is C23H19BrN4O2S. The fourth-order valence-corrected chi connectivity index (χ4v) is 5.62. The molecule has 1 amide bonds. The fourth-order valence-electron chi connectivity index (χ4n) is 4.31. The Morgan fingerprint density at radius 2 is 2.06 bits per heavy atom. The number of nitrogens with zero attached hydrogens (tertiary/aromatic N) is 3. The number of thiophene rings is 1. The highest BCUT2D eigenvalue weighted by Crippen LogP contribution is 2.49. The molecule has 31 heavy (non-hydrogen) atoms. The quantitative estimate of drug-likeness (QED) is 0.402. The van der Waals surface area contributed by atoms with E-state index < -0.39 is 11.3 Å². The summed E-state index contributed by atoms with van der Waals surface area (Å²) in [7, 11) is 1.69. The van der Waals surface area contributed by atoms with Crippen LogP contribution in [0.15, 0.2) is 63.1 Å². The van der Waals surface area contributed by atoms with E-state index in [1.807, 2.05) is 41.8 Å². The molecule has 4 aromatic rings. The Balaban J connectivity index is 1.62. The minimum absolute atomic E-state index is 0.0695. The zero-order valence-corrected chi connectivity index (χ0v) is 19.3. The largest absolute Gasteiger partial charge is 0.464 e. The molecule has 0 bridgehead atoms. The first-order valence-corrected chi connectivity index (χ1v) is 11.4. The lowest BCUT2D eigenvalue weighted by molar-refractivity contribution is -0.131. The van der Waals surface area contributed by atoms with Gasteiger partial charge in [-0.2, -0.15) is 0 Å². The van der Waals surface area contributed by atoms with Crippen LogP contribution in [-0.4, -0.2) is 33.9 Å². The topological polar surface area (TPSA) is 83.1 Å². The monoisotopic (exact) mass is 494 g/mol. The third-order valence-electron chi connectivity index (χ3n) is 6.05. The molecule has 1 aromatic carbocycles. The van der Waals surface area contributed by atoms with Crippen molar-refractivity contribution in [2.75, 3.05) is 7.05 Å². The summed E-state index contributed by atoms with van der Waals surface area (Å²) in [4.78, 5) is 16.0. The summed E-state index contributed by atoms with van der Waals surface area (Å²) in [5.41, 5.74) is 2.91. The molecule has 0 spiro atoms. The van der Waals surface area contributed by atoms with Gasteiger partial charge < -0.3 is 9.32 Å². The van der Waals surface area contributed by atoms with E-state index in [0.29, 0.717) is 16.9 Å². The molecule has 1 saturated heterocycles. The lowest BCUT2D eigenvalue weighted by Gasteiger charge is -2.44. The van der Waals surface area contributed by atoms with Crippen molar-refractivity contribution in [3.8, 4) is 11.3 Å². The van der Waals surface area contributed by atoms with Gasteiger partial charge in [0.15, 0.2) is 0 Å². The van der Waals surface area contributed by atoms with Crippen molar-refractivity contribution in [3.05, 3.63) is 69.2 Å². The number of likely N-dealkylation sites (N-methyl/N-ethyl adjacent to an activating group) is 1. The van der Waals surface area contributed by atoms with Crippen LogP contribution in [-0.2, 0) is 10.2 Å². The maximum atomic E-state index is 13.5. The minimum atomic E-state index is -0.552. The Morgan fingerprint density at radius 1 is 1.23 bits per heavy atom. The van der Waals surface area contributed by atoms with E-state index in [1.54, 1.807) is 24.6 Å². The van der Waals surface area contributed by atoms with Gasteiger partial charge >= 0.3 is 0 Å². The number of halogens is 1. The van der Waals surface area contributed by atoms with Crippen molar-refractivity contribution in [1.82, 2.24) is 15.1 Å². The Kier molecular flexibility index (Phi) is 4.79. The number of carbonyl (C=O) groups excluding carboxylic acids is 1. The number of rotatable bonds is 3. The van der Waals surface area contributed by atoms with Crippen LogP contribution in [0.25, 0.3) is 22.2 Å². The number of fused-ring (bicyclic) bond motifs is 1. The molecule has 4 heterocycles. The summed E-state index contributed by atoms with van der Waals surface area (Å²) < 4.78 is 6.16. The molecule has 1 aliphatic rings. The Hall–Kier alpha value is -2.84. The van der Waals surface area contributed by atoms with Crippen LogP contribution in [0.1, 0.15) is 29.7 Å². The van der Waals surface area contributed by atoms with Crippen LogP contribution in [0.3, 0.4) is 0 Å². The predicted octanol–water partition coefficient (Wildman–Crippen LogP) is 5.59. The molecule has 3 aromatic heterocycles. The highest BCUT2D eigenvalue weighted by atomic mass is 79.9. The van der Waals surface area contributed by atoms with Gasteiger partial charge in [0, 0.05) is 40.1 Å². The van der Waals surface area contributed by atoms with Crippen molar-refractivity contribution < 1.29 is 9.21 Å². The van der Waals surface area contributed by atoms with E-state index in [1.165, 1.54) is 4.90 Å². The number of hydrogen-bond acceptors (Lipinski definition) is 6. The lowest BCUT2D eigenvalue weighted by Crippen LogP contribution is -2.51. The van der Waals surface area contributed by atoms with E-state index in [-0.39, 0.29) is 5.91 Å². The molecule has 0 radical (unpaired) electrons. The van der Waals surface area contributed by atoms with Gasteiger partial charge in [-0.3, -0.25) is 10.2 Å². The zero-order chi connectivity index (χ0) is 21.8. The Morgan fingerprint density at radius 3 is 2.84 bits per heavy atom. The van der Waals surface area contributed by atoms with Crippen LogP contribution in [0.5, 0.6) is 0 Å². The minimum Gasteiger partial charge on any atom is -0.464 e. The van der Waals surface area contributed by atoms with E-state index in [4.69, 9.17) is 9.83 Å². The third kappa shape index (κ3) is 3.30. The molecule has 0 aliphatic carbocycles. The van der Waals surface area contributed by atoms with Crippen LogP contribution >= 0.6 is 27.3 Å².